The smallest absolute Gasteiger partial charge is 0.220 e. The van der Waals surface area contributed by atoms with Gasteiger partial charge >= 0.3 is 0 Å². The van der Waals surface area contributed by atoms with Crippen molar-refractivity contribution in [3.63, 3.8) is 0 Å². The van der Waals surface area contributed by atoms with Gasteiger partial charge in [-0.1, -0.05) is 140 Å². The van der Waals surface area contributed by atoms with Crippen molar-refractivity contribution < 1.29 is 0 Å². The van der Waals surface area contributed by atoms with E-state index in [1.54, 1.807) is 22.7 Å². The second-order valence-corrected chi connectivity index (χ2v) is 19.6. The minimum atomic E-state index is 0.419. The first-order valence-corrected chi connectivity index (χ1v) is 24.2. The highest BCUT2D eigenvalue weighted by atomic mass is 32.1. The van der Waals surface area contributed by atoms with Gasteiger partial charge < -0.3 is 9.13 Å². The zero-order chi connectivity index (χ0) is 44.8. The van der Waals surface area contributed by atoms with Gasteiger partial charge in [-0.3, -0.25) is 4.98 Å². The number of aromatic nitrogens is 3. The van der Waals surface area contributed by atoms with Crippen LogP contribution >= 0.6 is 22.7 Å². The predicted octanol–water partition coefficient (Wildman–Crippen LogP) is 17.5. The van der Waals surface area contributed by atoms with Crippen LogP contribution in [0.1, 0.15) is 5.56 Å². The topological polar surface area (TPSA) is 50.9 Å². The van der Waals surface area contributed by atoms with Crippen molar-refractivity contribution in [2.75, 3.05) is 0 Å². The fourth-order valence-corrected chi connectivity index (χ4v) is 13.9. The summed E-state index contributed by atoms with van der Waals surface area (Å²) in [7, 11) is 0. The Morgan fingerprint density at radius 1 is 0.456 bits per heavy atom. The van der Waals surface area contributed by atoms with Crippen molar-refractivity contribution >= 4 is 134 Å². The molecule has 0 spiro atoms. The Morgan fingerprint density at radius 2 is 1.06 bits per heavy atom. The monoisotopic (exact) mass is 897 g/mol. The first-order chi connectivity index (χ1) is 33.7. The summed E-state index contributed by atoms with van der Waals surface area (Å²) in [6.45, 7) is 9.37. The lowest BCUT2D eigenvalue weighted by Crippen LogP contribution is -2.09. The lowest BCUT2D eigenvalue weighted by Gasteiger charge is -2.26. The van der Waals surface area contributed by atoms with E-state index in [0.29, 0.717) is 16.8 Å². The van der Waals surface area contributed by atoms with Gasteiger partial charge in [-0.05, 0) is 63.7 Å². The molecule has 0 saturated carbocycles. The molecule has 0 unspecified atom stereocenters. The summed E-state index contributed by atoms with van der Waals surface area (Å²) in [5.41, 5.74) is 9.55. The predicted molar refractivity (Wildman–Crippen MR) is 287 cm³/mol. The number of rotatable bonds is 4. The molecule has 0 amide bonds. The Kier molecular flexibility index (Phi) is 7.61. The number of hydrogen-bond donors (Lipinski definition) is 0. The van der Waals surface area contributed by atoms with Crippen LogP contribution in [0.4, 0.5) is 5.69 Å². The summed E-state index contributed by atoms with van der Waals surface area (Å²) >= 11 is 3.60. The van der Waals surface area contributed by atoms with Crippen LogP contribution in [-0.4, -0.2) is 14.1 Å². The van der Waals surface area contributed by atoms with Crippen molar-refractivity contribution in [2.24, 2.45) is 0 Å². The summed E-state index contributed by atoms with van der Waals surface area (Å²) in [5.74, 6) is 0. The molecule has 0 aliphatic rings. The van der Waals surface area contributed by atoms with Crippen molar-refractivity contribution in [3.8, 4) is 39.7 Å². The van der Waals surface area contributed by atoms with Crippen molar-refractivity contribution in [3.05, 3.63) is 205 Å². The molecule has 5 nitrogen and oxygen atoms in total. The SMILES string of the molecule is [C-]#[N+]c1c(-c2ccccc2)c(C#N)c(-n2c3c(ccc4c5ccccc5sc43)c3ccc4sc5ccccc5c4c32)c(-c2ccccc2)c1-n1c2cccc3c4ccncc4c4cccc1c4c32. The molecule has 0 fully saturated rings. The van der Waals surface area contributed by atoms with E-state index in [4.69, 9.17) is 0 Å². The average molecular weight is 898 g/mol. The zero-order valence-corrected chi connectivity index (χ0v) is 37.6. The third kappa shape index (κ3) is 4.78. The van der Waals surface area contributed by atoms with Gasteiger partial charge in [0.15, 0.2) is 0 Å². The highest BCUT2D eigenvalue weighted by Gasteiger charge is 2.33. The molecule has 0 aliphatic carbocycles. The number of fused-ring (bicyclic) bond motifs is 14. The summed E-state index contributed by atoms with van der Waals surface area (Å²) in [4.78, 5) is 9.20. The van der Waals surface area contributed by atoms with E-state index < -0.39 is 0 Å². The summed E-state index contributed by atoms with van der Waals surface area (Å²) < 4.78 is 9.51. The van der Waals surface area contributed by atoms with Crippen LogP contribution in [0.15, 0.2) is 188 Å². The van der Waals surface area contributed by atoms with Crippen LogP contribution in [-0.2, 0) is 0 Å². The van der Waals surface area contributed by atoms with Gasteiger partial charge in [0.1, 0.15) is 6.07 Å². The molecule has 0 bridgehead atoms. The summed E-state index contributed by atoms with van der Waals surface area (Å²) in [6.07, 6.45) is 3.85. The Bertz CT molecular complexity index is 4660. The maximum Gasteiger partial charge on any atom is 0.220 e. The molecular weight excluding hydrogens is 867 g/mol. The number of nitrogens with zero attached hydrogens (tertiary/aromatic N) is 5. The van der Waals surface area contributed by atoms with Gasteiger partial charge in [-0.15, -0.1) is 22.7 Å². The lowest BCUT2D eigenvalue weighted by atomic mass is 9.88. The van der Waals surface area contributed by atoms with Crippen molar-refractivity contribution in [2.45, 2.75) is 0 Å². The minimum Gasteiger partial charge on any atom is -0.318 e. The molecule has 0 aliphatic heterocycles. The second-order valence-electron chi connectivity index (χ2n) is 17.5. The quantitative estimate of drug-likeness (QED) is 0.131. The van der Waals surface area contributed by atoms with E-state index in [9.17, 15) is 11.8 Å². The number of thiophene rings is 2. The first-order valence-electron chi connectivity index (χ1n) is 22.5. The molecule has 15 aromatic rings. The molecule has 5 aromatic heterocycles. The third-order valence-corrected chi connectivity index (χ3v) is 16.5. The summed E-state index contributed by atoms with van der Waals surface area (Å²) in [6, 6.07) is 65.0. The number of hydrogen-bond acceptors (Lipinski definition) is 4. The number of benzene rings is 10. The average Bonchev–Trinajstić information content (AvgIpc) is 4.16. The molecule has 10 aromatic carbocycles. The van der Waals surface area contributed by atoms with Crippen molar-refractivity contribution in [1.82, 2.24) is 14.1 Å². The minimum absolute atomic E-state index is 0.419. The first kappa shape index (κ1) is 37.4. The highest BCUT2D eigenvalue weighted by Crippen LogP contribution is 2.55. The molecule has 0 atom stereocenters. The van der Waals surface area contributed by atoms with E-state index in [1.807, 2.05) is 48.8 Å². The highest BCUT2D eigenvalue weighted by molar-refractivity contribution is 7.27. The summed E-state index contributed by atoms with van der Waals surface area (Å²) in [5, 5.41) is 25.8. The normalized spacial score (nSPS) is 12.1. The van der Waals surface area contributed by atoms with Gasteiger partial charge in [-0.2, -0.15) is 5.26 Å². The maximum atomic E-state index is 12.1. The lowest BCUT2D eigenvalue weighted by molar-refractivity contribution is 1.14. The molecule has 5 heterocycles. The Morgan fingerprint density at radius 3 is 1.78 bits per heavy atom. The van der Waals surface area contributed by atoms with Gasteiger partial charge in [0.2, 0.25) is 5.69 Å². The Balaban J connectivity index is 1.27. The van der Waals surface area contributed by atoms with E-state index >= 15 is 0 Å². The Labute approximate surface area is 396 Å². The van der Waals surface area contributed by atoms with Gasteiger partial charge in [0.25, 0.3) is 0 Å². The van der Waals surface area contributed by atoms with E-state index in [-0.39, 0.29) is 0 Å². The Hall–Kier alpha value is -8.85. The molecule has 0 saturated heterocycles. The van der Waals surface area contributed by atoms with Gasteiger partial charge in [0, 0.05) is 86.1 Å². The fraction of sp³-hybridized carbons (Fsp3) is 0. The van der Waals surface area contributed by atoms with Crippen LogP contribution in [0.2, 0.25) is 0 Å². The third-order valence-electron chi connectivity index (χ3n) is 14.2. The van der Waals surface area contributed by atoms with E-state index in [0.717, 1.165) is 103 Å². The molecule has 0 radical (unpaired) electrons. The van der Waals surface area contributed by atoms with Crippen LogP contribution in [0.25, 0.3) is 144 Å². The van der Waals surface area contributed by atoms with Crippen LogP contribution in [0, 0.1) is 17.9 Å². The molecule has 312 valence electrons. The van der Waals surface area contributed by atoms with Gasteiger partial charge in [-0.25, -0.2) is 4.85 Å². The largest absolute Gasteiger partial charge is 0.318 e. The maximum absolute atomic E-state index is 12.1. The molecular formula is C61H31N5S2. The molecule has 0 N–H and O–H groups in total. The van der Waals surface area contributed by atoms with E-state index in [2.05, 4.69) is 165 Å². The van der Waals surface area contributed by atoms with Crippen LogP contribution < -0.4 is 0 Å². The standard InChI is InChI=1S/C61H31N5S2/c1-63-56-51(34-14-4-2-5-15-34)44(32-62)58(52(35-16-6-3-7-17-35)60(56)65-46-22-12-20-38-36-30-31-64-33-45(36)39-21-13-23-47(65)54(39)53(38)46)66-57-40(28-29-50-55(57)43-19-9-11-25-49(43)67-50)41-26-27-42-37-18-8-10-24-48(37)68-61(42)59(41)66/h2-31,33H. The molecule has 15 rings (SSSR count). The van der Waals surface area contributed by atoms with E-state index in [1.165, 1.54) is 30.3 Å². The van der Waals surface area contributed by atoms with Gasteiger partial charge in [0.05, 0.1) is 50.3 Å². The van der Waals surface area contributed by atoms with Crippen LogP contribution in [0.5, 0.6) is 0 Å². The van der Waals surface area contributed by atoms with Crippen molar-refractivity contribution in [1.29, 1.82) is 5.26 Å². The molecule has 68 heavy (non-hydrogen) atoms. The zero-order valence-electron chi connectivity index (χ0n) is 36.0. The van der Waals surface area contributed by atoms with Crippen LogP contribution in [0.3, 0.4) is 0 Å². The fourth-order valence-electron chi connectivity index (χ4n) is 11.6. The second kappa shape index (κ2) is 13.8. The molecule has 7 heteroatoms. The number of nitriles is 1. The number of pyridine rings is 1.